The molecule has 0 unspecified atom stereocenters. The van der Waals surface area contributed by atoms with Crippen molar-refractivity contribution in [3.63, 3.8) is 0 Å². The first-order valence-corrected chi connectivity index (χ1v) is 7.99. The summed E-state index contributed by atoms with van der Waals surface area (Å²) in [5.74, 6) is 0. The Kier molecular flexibility index (Phi) is 3.54. The summed E-state index contributed by atoms with van der Waals surface area (Å²) in [6.07, 6.45) is 5.57. The topological polar surface area (TPSA) is 29.7 Å². The monoisotopic (exact) mass is 312 g/mol. The van der Waals surface area contributed by atoms with E-state index in [2.05, 4.69) is 70.0 Å². The van der Waals surface area contributed by atoms with Crippen LogP contribution < -0.4 is 4.57 Å². The Bertz CT molecular complexity index is 1020. The minimum atomic E-state index is 0.999. The van der Waals surface area contributed by atoms with Crippen LogP contribution in [0.4, 0.5) is 0 Å². The largest absolute Gasteiger partial charge is 0.287 e. The van der Waals surface area contributed by atoms with Gasteiger partial charge in [0.25, 0.3) is 6.33 Å². The van der Waals surface area contributed by atoms with Crippen LogP contribution in [0.3, 0.4) is 0 Å². The summed E-state index contributed by atoms with van der Waals surface area (Å²) in [6, 6.07) is 18.9. The number of hydrogen-bond donors (Lipinski definition) is 0. The molecule has 0 N–H and O–H groups in total. The van der Waals surface area contributed by atoms with Gasteiger partial charge in [0.1, 0.15) is 5.69 Å². The molecule has 24 heavy (non-hydrogen) atoms. The number of hydrogen-bond acceptors (Lipinski definition) is 2. The molecule has 4 rings (SSSR count). The van der Waals surface area contributed by atoms with E-state index >= 15 is 0 Å². The van der Waals surface area contributed by atoms with Gasteiger partial charge in [-0.3, -0.25) is 4.98 Å². The molecule has 2 aromatic heterocycles. The first-order chi connectivity index (χ1) is 11.7. The van der Waals surface area contributed by atoms with E-state index in [1.807, 2.05) is 25.6 Å². The lowest BCUT2D eigenvalue weighted by Gasteiger charge is -2.09. The van der Waals surface area contributed by atoms with Gasteiger partial charge in [-0.2, -0.15) is 0 Å². The van der Waals surface area contributed by atoms with Crippen molar-refractivity contribution in [2.75, 3.05) is 0 Å². The summed E-state index contributed by atoms with van der Waals surface area (Å²) in [5.41, 5.74) is 6.94. The molecule has 2 aromatic carbocycles. The van der Waals surface area contributed by atoms with Crippen molar-refractivity contribution in [3.8, 4) is 22.4 Å². The average Bonchev–Trinajstić information content (AvgIpc) is 2.63. The normalized spacial score (nSPS) is 10.9. The summed E-state index contributed by atoms with van der Waals surface area (Å²) < 4.78 is 2.09. The van der Waals surface area contributed by atoms with Crippen molar-refractivity contribution in [1.82, 2.24) is 9.97 Å². The minimum Gasteiger partial charge on any atom is -0.264 e. The number of nitrogens with zero attached hydrogens (tertiary/aromatic N) is 3. The Hall–Kier alpha value is -3.07. The van der Waals surface area contributed by atoms with E-state index < -0.39 is 0 Å². The molecule has 0 aliphatic heterocycles. The molecule has 0 aliphatic carbocycles. The van der Waals surface area contributed by atoms with Crippen molar-refractivity contribution in [2.45, 2.75) is 6.92 Å². The van der Waals surface area contributed by atoms with Gasteiger partial charge in [0, 0.05) is 23.5 Å². The fourth-order valence-electron chi connectivity index (χ4n) is 3.12. The highest BCUT2D eigenvalue weighted by molar-refractivity contribution is 5.94. The fourth-order valence-corrected chi connectivity index (χ4v) is 3.12. The molecule has 0 saturated heterocycles. The first kappa shape index (κ1) is 14.5. The lowest BCUT2D eigenvalue weighted by atomic mass is 9.98. The zero-order chi connectivity index (χ0) is 16.5. The second-order valence-electron chi connectivity index (χ2n) is 5.99. The standard InChI is InChI=1S/C21H18N3/c1-15-6-3-4-8-18(15)21-19-12-16(17-7-5-11-22-13-17)9-10-20(19)23-14-24(21)2/h3-14H,1-2H3/q+1. The second-order valence-corrected chi connectivity index (χ2v) is 5.99. The quantitative estimate of drug-likeness (QED) is 0.522. The zero-order valence-corrected chi connectivity index (χ0v) is 13.8. The van der Waals surface area contributed by atoms with Gasteiger partial charge in [-0.15, -0.1) is 0 Å². The minimum absolute atomic E-state index is 0.999. The van der Waals surface area contributed by atoms with Crippen LogP contribution in [0.25, 0.3) is 33.3 Å². The Balaban J connectivity index is 2.02. The SMILES string of the molecule is Cc1ccccc1-c1c2cc(-c3cccnc3)ccc2nc[n+]1C. The molecular formula is C21H18N3+. The van der Waals surface area contributed by atoms with E-state index in [0.29, 0.717) is 0 Å². The van der Waals surface area contributed by atoms with E-state index in [-0.39, 0.29) is 0 Å². The molecule has 4 aromatic rings. The molecule has 3 nitrogen and oxygen atoms in total. The predicted molar refractivity (Wildman–Crippen MR) is 96.3 cm³/mol. The van der Waals surface area contributed by atoms with Crippen molar-refractivity contribution in [2.24, 2.45) is 7.05 Å². The maximum Gasteiger partial charge on any atom is 0.287 e. The Morgan fingerprint density at radius 2 is 1.79 bits per heavy atom. The number of aromatic nitrogens is 3. The van der Waals surface area contributed by atoms with Crippen LogP contribution in [-0.4, -0.2) is 9.97 Å². The van der Waals surface area contributed by atoms with Gasteiger partial charge >= 0.3 is 0 Å². The highest BCUT2D eigenvalue weighted by Crippen LogP contribution is 2.30. The molecule has 0 spiro atoms. The molecule has 116 valence electrons. The molecule has 0 saturated carbocycles. The number of fused-ring (bicyclic) bond motifs is 1. The van der Waals surface area contributed by atoms with E-state index in [9.17, 15) is 0 Å². The van der Waals surface area contributed by atoms with E-state index in [0.717, 1.165) is 22.0 Å². The average molecular weight is 312 g/mol. The molecule has 0 atom stereocenters. The third-order valence-corrected chi connectivity index (χ3v) is 4.37. The van der Waals surface area contributed by atoms with Crippen LogP contribution in [0, 0.1) is 6.92 Å². The van der Waals surface area contributed by atoms with E-state index in [1.54, 1.807) is 6.20 Å². The molecule has 0 bridgehead atoms. The van der Waals surface area contributed by atoms with Gasteiger partial charge in [0.05, 0.1) is 12.4 Å². The molecule has 0 amide bonds. The third kappa shape index (κ3) is 2.44. The summed E-state index contributed by atoms with van der Waals surface area (Å²) in [6.45, 7) is 2.15. The lowest BCUT2D eigenvalue weighted by molar-refractivity contribution is -0.662. The molecule has 2 heterocycles. The maximum atomic E-state index is 4.58. The van der Waals surface area contributed by atoms with Crippen LogP contribution in [-0.2, 0) is 7.05 Å². The van der Waals surface area contributed by atoms with Crippen LogP contribution in [0.1, 0.15) is 5.56 Å². The van der Waals surface area contributed by atoms with Gasteiger partial charge in [0.15, 0.2) is 5.52 Å². The summed E-state index contributed by atoms with van der Waals surface area (Å²) in [5, 5.41) is 1.15. The predicted octanol–water partition coefficient (Wildman–Crippen LogP) is 4.10. The zero-order valence-electron chi connectivity index (χ0n) is 13.8. The number of aryl methyl sites for hydroxylation is 2. The Labute approximate surface area is 141 Å². The van der Waals surface area contributed by atoms with Crippen LogP contribution >= 0.6 is 0 Å². The highest BCUT2D eigenvalue weighted by Gasteiger charge is 2.17. The highest BCUT2D eigenvalue weighted by atomic mass is 15.0. The third-order valence-electron chi connectivity index (χ3n) is 4.37. The van der Waals surface area contributed by atoms with E-state index in [1.165, 1.54) is 16.8 Å². The van der Waals surface area contributed by atoms with E-state index in [4.69, 9.17) is 0 Å². The van der Waals surface area contributed by atoms with Crippen molar-refractivity contribution in [3.05, 3.63) is 78.9 Å². The van der Waals surface area contributed by atoms with Crippen molar-refractivity contribution < 1.29 is 4.57 Å². The van der Waals surface area contributed by atoms with Crippen LogP contribution in [0.5, 0.6) is 0 Å². The molecule has 3 heteroatoms. The van der Waals surface area contributed by atoms with Crippen LogP contribution in [0.15, 0.2) is 73.3 Å². The number of rotatable bonds is 2. The Morgan fingerprint density at radius 1 is 0.917 bits per heavy atom. The van der Waals surface area contributed by atoms with Crippen molar-refractivity contribution >= 4 is 10.9 Å². The number of pyridine rings is 1. The molecular weight excluding hydrogens is 294 g/mol. The van der Waals surface area contributed by atoms with Gasteiger partial charge < -0.3 is 0 Å². The molecule has 0 radical (unpaired) electrons. The molecule has 0 fully saturated rings. The second kappa shape index (κ2) is 5.85. The van der Waals surface area contributed by atoms with Gasteiger partial charge in [-0.25, -0.2) is 4.57 Å². The van der Waals surface area contributed by atoms with Gasteiger partial charge in [-0.1, -0.05) is 30.3 Å². The summed E-state index contributed by atoms with van der Waals surface area (Å²) in [7, 11) is 2.05. The van der Waals surface area contributed by atoms with Gasteiger partial charge in [0.2, 0.25) is 0 Å². The van der Waals surface area contributed by atoms with Crippen LogP contribution in [0.2, 0.25) is 0 Å². The summed E-state index contributed by atoms with van der Waals surface area (Å²) in [4.78, 5) is 8.81. The van der Waals surface area contributed by atoms with Gasteiger partial charge in [-0.05, 0) is 47.3 Å². The first-order valence-electron chi connectivity index (χ1n) is 7.99. The smallest absolute Gasteiger partial charge is 0.264 e. The number of benzene rings is 2. The lowest BCUT2D eigenvalue weighted by Crippen LogP contribution is -2.31. The Morgan fingerprint density at radius 3 is 2.58 bits per heavy atom. The maximum absolute atomic E-state index is 4.58. The van der Waals surface area contributed by atoms with Crippen molar-refractivity contribution in [1.29, 1.82) is 0 Å². The fraction of sp³-hybridized carbons (Fsp3) is 0.0952. The molecule has 0 aliphatic rings. The summed E-state index contributed by atoms with van der Waals surface area (Å²) >= 11 is 0.